The Labute approximate surface area is 185 Å². The number of aromatic amines is 2. The largest absolute Gasteiger partial charge is 0.492 e. The van der Waals surface area contributed by atoms with Crippen molar-refractivity contribution < 1.29 is 18.3 Å². The van der Waals surface area contributed by atoms with Crippen LogP contribution in [-0.2, 0) is 10.0 Å². The lowest BCUT2D eigenvalue weighted by Crippen LogP contribution is -2.26. The fourth-order valence-corrected chi connectivity index (χ4v) is 4.19. The third-order valence-electron chi connectivity index (χ3n) is 4.92. The van der Waals surface area contributed by atoms with E-state index in [1.165, 1.54) is 12.4 Å². The van der Waals surface area contributed by atoms with E-state index in [-0.39, 0.29) is 4.90 Å². The molecule has 0 bridgehead atoms. The molecule has 11 heteroatoms. The van der Waals surface area contributed by atoms with Crippen molar-refractivity contribution in [3.63, 3.8) is 0 Å². The maximum atomic E-state index is 12.3. The molecule has 168 valence electrons. The minimum absolute atomic E-state index is 0.0342. The highest BCUT2D eigenvalue weighted by molar-refractivity contribution is 7.92. The molecule has 2 aromatic carbocycles. The summed E-state index contributed by atoms with van der Waals surface area (Å²) in [5, 5.41) is 27.9. The molecule has 0 aliphatic carbocycles. The van der Waals surface area contributed by atoms with Crippen LogP contribution in [0.1, 0.15) is 17.4 Å². The standard InChI is InChI=1S/C21H24N6O4S/c1-14-19-6-5-17(10-20(19)26-25-14)31-8-7-22-13-21(28)15-3-2-4-16(9-15)27-32(29,30)18-11-23-24-12-18/h2-6,9-12,21-22,27-28H,7-8,13H2,1H3,(H,23,24)(H,25,26). The van der Waals surface area contributed by atoms with Crippen molar-refractivity contribution in [2.24, 2.45) is 0 Å². The number of benzene rings is 2. The first kappa shape index (κ1) is 21.8. The predicted octanol–water partition coefficient (Wildman–Crippen LogP) is 2.10. The van der Waals surface area contributed by atoms with Crippen LogP contribution in [0, 0.1) is 6.92 Å². The van der Waals surface area contributed by atoms with Crippen molar-refractivity contribution in [1.29, 1.82) is 0 Å². The van der Waals surface area contributed by atoms with Gasteiger partial charge in [-0.2, -0.15) is 10.2 Å². The molecule has 5 N–H and O–H groups in total. The lowest BCUT2D eigenvalue weighted by atomic mass is 10.1. The van der Waals surface area contributed by atoms with Crippen molar-refractivity contribution in [3.05, 3.63) is 66.1 Å². The molecule has 0 aliphatic rings. The number of ether oxygens (including phenoxy) is 1. The highest BCUT2D eigenvalue weighted by atomic mass is 32.2. The van der Waals surface area contributed by atoms with Crippen LogP contribution in [-0.4, -0.2) is 53.6 Å². The van der Waals surface area contributed by atoms with E-state index < -0.39 is 16.1 Å². The van der Waals surface area contributed by atoms with E-state index in [9.17, 15) is 13.5 Å². The van der Waals surface area contributed by atoms with Crippen molar-refractivity contribution >= 4 is 26.6 Å². The second-order valence-corrected chi connectivity index (χ2v) is 8.93. The van der Waals surface area contributed by atoms with Gasteiger partial charge in [-0.25, -0.2) is 8.42 Å². The third kappa shape index (κ3) is 5.07. The van der Waals surface area contributed by atoms with Gasteiger partial charge in [0.25, 0.3) is 10.0 Å². The molecule has 0 saturated carbocycles. The Hall–Kier alpha value is -3.41. The van der Waals surface area contributed by atoms with Crippen LogP contribution in [0.15, 0.2) is 59.8 Å². The van der Waals surface area contributed by atoms with Gasteiger partial charge >= 0.3 is 0 Å². The summed E-state index contributed by atoms with van der Waals surface area (Å²) in [5.74, 6) is 0.737. The van der Waals surface area contributed by atoms with Gasteiger partial charge in [-0.1, -0.05) is 12.1 Å². The molecular weight excluding hydrogens is 432 g/mol. The van der Waals surface area contributed by atoms with Gasteiger partial charge in [0.1, 0.15) is 17.3 Å². The monoisotopic (exact) mass is 456 g/mol. The number of nitrogens with zero attached hydrogens (tertiary/aromatic N) is 2. The lowest BCUT2D eigenvalue weighted by molar-refractivity contribution is 0.172. The molecule has 0 aliphatic heterocycles. The maximum absolute atomic E-state index is 12.3. The maximum Gasteiger partial charge on any atom is 0.265 e. The molecule has 1 atom stereocenters. The van der Waals surface area contributed by atoms with Crippen molar-refractivity contribution in [2.75, 3.05) is 24.4 Å². The van der Waals surface area contributed by atoms with Gasteiger partial charge < -0.3 is 15.2 Å². The first-order chi connectivity index (χ1) is 15.4. The van der Waals surface area contributed by atoms with E-state index in [0.29, 0.717) is 30.9 Å². The molecule has 1 unspecified atom stereocenters. The SMILES string of the molecule is Cc1n[nH]c2cc(OCCNCC(O)c3cccc(NS(=O)(=O)c4cn[nH]c4)c3)ccc12. The predicted molar refractivity (Wildman–Crippen MR) is 120 cm³/mol. The third-order valence-corrected chi connectivity index (χ3v) is 6.27. The first-order valence-electron chi connectivity index (χ1n) is 10.0. The van der Waals surface area contributed by atoms with Crippen molar-refractivity contribution in [3.8, 4) is 5.75 Å². The summed E-state index contributed by atoms with van der Waals surface area (Å²) in [4.78, 5) is 0.0342. The Kier molecular flexibility index (Phi) is 6.40. The van der Waals surface area contributed by atoms with Crippen LogP contribution in [0.4, 0.5) is 5.69 Å². The zero-order valence-corrected chi connectivity index (χ0v) is 18.2. The van der Waals surface area contributed by atoms with E-state index >= 15 is 0 Å². The smallest absolute Gasteiger partial charge is 0.265 e. The summed E-state index contributed by atoms with van der Waals surface area (Å²) in [5.41, 5.74) is 2.81. The Morgan fingerprint density at radius 3 is 2.91 bits per heavy atom. The van der Waals surface area contributed by atoms with Gasteiger partial charge in [-0.15, -0.1) is 0 Å². The molecule has 4 rings (SSSR count). The summed E-state index contributed by atoms with van der Waals surface area (Å²) >= 11 is 0. The molecule has 0 radical (unpaired) electrons. The molecule has 0 saturated heterocycles. The first-order valence-corrected chi connectivity index (χ1v) is 11.5. The Balaban J connectivity index is 1.25. The van der Waals surface area contributed by atoms with Crippen molar-refractivity contribution in [2.45, 2.75) is 17.9 Å². The van der Waals surface area contributed by atoms with Crippen LogP contribution in [0.2, 0.25) is 0 Å². The molecule has 2 heterocycles. The number of nitrogens with one attached hydrogen (secondary N) is 4. The number of aliphatic hydroxyl groups is 1. The molecular formula is C21H24N6O4S. The van der Waals surface area contributed by atoms with Crippen LogP contribution < -0.4 is 14.8 Å². The second-order valence-electron chi connectivity index (χ2n) is 7.25. The van der Waals surface area contributed by atoms with E-state index in [0.717, 1.165) is 22.3 Å². The number of aromatic nitrogens is 4. The molecule has 32 heavy (non-hydrogen) atoms. The second kappa shape index (κ2) is 9.39. The van der Waals surface area contributed by atoms with Crippen LogP contribution in [0.3, 0.4) is 0 Å². The summed E-state index contributed by atoms with van der Waals surface area (Å²) in [6.07, 6.45) is 1.71. The Bertz CT molecular complexity index is 1290. The average molecular weight is 457 g/mol. The number of rotatable bonds is 10. The molecule has 4 aromatic rings. The Morgan fingerprint density at radius 2 is 2.09 bits per heavy atom. The van der Waals surface area contributed by atoms with Crippen molar-refractivity contribution in [1.82, 2.24) is 25.7 Å². The molecule has 0 fully saturated rings. The van der Waals surface area contributed by atoms with E-state index in [1.54, 1.807) is 24.3 Å². The molecule has 2 aromatic heterocycles. The van der Waals surface area contributed by atoms with E-state index in [1.807, 2.05) is 25.1 Å². The highest BCUT2D eigenvalue weighted by Crippen LogP contribution is 2.22. The summed E-state index contributed by atoms with van der Waals surface area (Å²) in [6.45, 7) is 3.19. The van der Waals surface area contributed by atoms with Gasteiger partial charge in [-0.3, -0.25) is 14.9 Å². The highest BCUT2D eigenvalue weighted by Gasteiger charge is 2.16. The number of hydrogen-bond acceptors (Lipinski definition) is 7. The molecule has 10 nitrogen and oxygen atoms in total. The van der Waals surface area contributed by atoms with E-state index in [4.69, 9.17) is 4.74 Å². The van der Waals surface area contributed by atoms with E-state index in [2.05, 4.69) is 30.4 Å². The van der Waals surface area contributed by atoms with Gasteiger partial charge in [0, 0.05) is 36.4 Å². The molecule has 0 spiro atoms. The fraction of sp³-hybridized carbons (Fsp3) is 0.238. The number of H-pyrrole nitrogens is 2. The number of anilines is 1. The normalized spacial score (nSPS) is 12.7. The number of fused-ring (bicyclic) bond motifs is 1. The van der Waals surface area contributed by atoms with Crippen LogP contribution >= 0.6 is 0 Å². The molecule has 0 amide bonds. The number of sulfonamides is 1. The average Bonchev–Trinajstić information content (AvgIpc) is 3.44. The minimum Gasteiger partial charge on any atom is -0.492 e. The van der Waals surface area contributed by atoms with Gasteiger partial charge in [-0.05, 0) is 36.8 Å². The lowest BCUT2D eigenvalue weighted by Gasteiger charge is -2.14. The van der Waals surface area contributed by atoms with Crippen LogP contribution in [0.5, 0.6) is 5.75 Å². The Morgan fingerprint density at radius 1 is 1.22 bits per heavy atom. The summed E-state index contributed by atoms with van der Waals surface area (Å²) in [6, 6.07) is 12.4. The van der Waals surface area contributed by atoms with Gasteiger partial charge in [0.15, 0.2) is 0 Å². The van der Waals surface area contributed by atoms with Gasteiger partial charge in [0.2, 0.25) is 0 Å². The van der Waals surface area contributed by atoms with Crippen LogP contribution in [0.25, 0.3) is 10.9 Å². The van der Waals surface area contributed by atoms with Gasteiger partial charge in [0.05, 0.1) is 23.5 Å². The minimum atomic E-state index is -3.74. The quantitative estimate of drug-likeness (QED) is 0.230. The summed E-state index contributed by atoms with van der Waals surface area (Å²) in [7, 11) is -3.74. The zero-order valence-electron chi connectivity index (χ0n) is 17.4. The topological polar surface area (TPSA) is 145 Å². The zero-order chi connectivity index (χ0) is 22.6. The number of aryl methyl sites for hydroxylation is 1. The number of hydrogen-bond donors (Lipinski definition) is 5. The number of aliphatic hydroxyl groups excluding tert-OH is 1. The summed E-state index contributed by atoms with van der Waals surface area (Å²) < 4.78 is 32.8. The fourth-order valence-electron chi connectivity index (χ4n) is 3.23.